The Balaban J connectivity index is 2.37. The van der Waals surface area contributed by atoms with Gasteiger partial charge in [0.05, 0.1) is 0 Å². The van der Waals surface area contributed by atoms with E-state index in [2.05, 4.69) is 34.0 Å². The summed E-state index contributed by atoms with van der Waals surface area (Å²) in [7, 11) is 0. The summed E-state index contributed by atoms with van der Waals surface area (Å²) in [5, 5.41) is 25.1. The SMILES string of the molecule is C/C1=C/C=C\C(=N/O)\C=C/C=C\C2=CC=CC=C(\C=C/C(=N/O)/C=C\C=C(\C)C#CC#C1)C2. The van der Waals surface area contributed by atoms with E-state index in [0.29, 0.717) is 11.4 Å². The van der Waals surface area contributed by atoms with Crippen LogP contribution in [-0.4, -0.2) is 21.8 Å². The van der Waals surface area contributed by atoms with E-state index in [4.69, 9.17) is 0 Å². The first-order valence-corrected chi connectivity index (χ1v) is 10.4. The molecule has 0 saturated heterocycles. The van der Waals surface area contributed by atoms with E-state index in [0.717, 1.165) is 28.7 Å². The molecule has 164 valence electrons. The topological polar surface area (TPSA) is 65.2 Å². The van der Waals surface area contributed by atoms with Crippen LogP contribution in [0.3, 0.4) is 0 Å². The lowest BCUT2D eigenvalue weighted by Gasteiger charge is -2.01. The van der Waals surface area contributed by atoms with Crippen molar-refractivity contribution in [1.82, 2.24) is 0 Å². The molecule has 0 aromatic carbocycles. The van der Waals surface area contributed by atoms with Crippen molar-refractivity contribution in [3.63, 3.8) is 0 Å². The smallest absolute Gasteiger partial charge is 0.102 e. The minimum atomic E-state index is 0.414. The van der Waals surface area contributed by atoms with Gasteiger partial charge in [-0.2, -0.15) is 0 Å². The van der Waals surface area contributed by atoms with E-state index in [1.165, 1.54) is 0 Å². The van der Waals surface area contributed by atoms with Crippen LogP contribution < -0.4 is 0 Å². The average Bonchev–Trinajstić information content (AvgIpc) is 3.05. The number of rotatable bonds is 0. The molecule has 2 N–H and O–H groups in total. The standard InChI is InChI=1S/C29H26N2O2/c1-24-11-3-4-12-25(2)14-10-20-29(31-33)22-21-27-17-6-5-15-26(23-27)16-7-8-18-28(30-32)19-9-13-24/h5-10,13-22,32-33H,23H2,1-2H3/b16-7-,18-8-,19-9-,20-10-,22-21-,24-13-,25-14-,30-28-,31-29+. The highest BCUT2D eigenvalue weighted by atomic mass is 16.4. The zero-order valence-corrected chi connectivity index (χ0v) is 18.7. The van der Waals surface area contributed by atoms with Crippen LogP contribution in [0.4, 0.5) is 0 Å². The Kier molecular flexibility index (Phi) is 10.8. The molecule has 2 rings (SSSR count). The van der Waals surface area contributed by atoms with Gasteiger partial charge in [-0.05, 0) is 78.7 Å². The van der Waals surface area contributed by atoms with E-state index in [9.17, 15) is 10.4 Å². The third-order valence-corrected chi connectivity index (χ3v) is 4.34. The fourth-order valence-corrected chi connectivity index (χ4v) is 2.64. The van der Waals surface area contributed by atoms with Gasteiger partial charge in [0.2, 0.25) is 0 Å². The summed E-state index contributed by atoms with van der Waals surface area (Å²) < 4.78 is 0. The highest BCUT2D eigenvalue weighted by Crippen LogP contribution is 2.17. The van der Waals surface area contributed by atoms with Gasteiger partial charge < -0.3 is 10.4 Å². The molecule has 0 amide bonds. The first-order chi connectivity index (χ1) is 16.1. The van der Waals surface area contributed by atoms with Gasteiger partial charge in [-0.15, -0.1) is 0 Å². The van der Waals surface area contributed by atoms with Gasteiger partial charge in [0.15, 0.2) is 0 Å². The third-order valence-electron chi connectivity index (χ3n) is 4.34. The normalized spacial score (nSPS) is 27.5. The molecule has 4 nitrogen and oxygen atoms in total. The molecule has 4 heteroatoms. The minimum absolute atomic E-state index is 0.414. The van der Waals surface area contributed by atoms with Crippen molar-refractivity contribution in [3.05, 3.63) is 120 Å². The second-order valence-corrected chi connectivity index (χ2v) is 7.06. The third kappa shape index (κ3) is 10.4. The number of hydrogen-bond donors (Lipinski definition) is 2. The number of hydrogen-bond acceptors (Lipinski definition) is 4. The summed E-state index contributed by atoms with van der Waals surface area (Å²) >= 11 is 0. The predicted molar refractivity (Wildman–Crippen MR) is 137 cm³/mol. The molecule has 0 saturated carbocycles. The number of oxime groups is 2. The van der Waals surface area contributed by atoms with E-state index in [1.807, 2.05) is 74.6 Å². The van der Waals surface area contributed by atoms with Crippen LogP contribution in [0.2, 0.25) is 0 Å². The Bertz CT molecular complexity index is 1210. The zero-order chi connectivity index (χ0) is 23.7. The van der Waals surface area contributed by atoms with Gasteiger partial charge in [-0.25, -0.2) is 0 Å². The summed E-state index contributed by atoms with van der Waals surface area (Å²) in [6.45, 7) is 3.76. The van der Waals surface area contributed by atoms with Gasteiger partial charge >= 0.3 is 0 Å². The summed E-state index contributed by atoms with van der Waals surface area (Å²) in [5.41, 5.74) is 4.66. The van der Waals surface area contributed by atoms with Crippen LogP contribution in [0.5, 0.6) is 0 Å². The molecular formula is C29H26N2O2. The van der Waals surface area contributed by atoms with Crippen molar-refractivity contribution >= 4 is 11.4 Å². The molecule has 0 atom stereocenters. The first-order valence-electron chi connectivity index (χ1n) is 10.4. The molecule has 0 radical (unpaired) electrons. The monoisotopic (exact) mass is 434 g/mol. The van der Waals surface area contributed by atoms with E-state index in [1.54, 1.807) is 36.5 Å². The van der Waals surface area contributed by atoms with Crippen molar-refractivity contribution < 1.29 is 10.4 Å². The molecule has 0 aromatic heterocycles. The summed E-state index contributed by atoms with van der Waals surface area (Å²) in [6, 6.07) is 0. The Morgan fingerprint density at radius 1 is 0.576 bits per heavy atom. The predicted octanol–water partition coefficient (Wildman–Crippen LogP) is 6.15. The van der Waals surface area contributed by atoms with E-state index in [-0.39, 0.29) is 0 Å². The fraction of sp³-hybridized carbons (Fsp3) is 0.103. The van der Waals surface area contributed by atoms with Crippen LogP contribution in [-0.2, 0) is 0 Å². The molecule has 0 spiro atoms. The Morgan fingerprint density at radius 3 is 1.64 bits per heavy atom. The van der Waals surface area contributed by atoms with Crippen molar-refractivity contribution in [2.45, 2.75) is 20.3 Å². The van der Waals surface area contributed by atoms with Crippen molar-refractivity contribution in [3.8, 4) is 23.7 Å². The Morgan fingerprint density at radius 2 is 1.06 bits per heavy atom. The molecule has 2 aliphatic rings. The molecule has 2 aliphatic carbocycles. The maximum Gasteiger partial charge on any atom is 0.102 e. The average molecular weight is 435 g/mol. The Labute approximate surface area is 195 Å². The Hall–Kier alpha value is -4.54. The lowest BCUT2D eigenvalue weighted by molar-refractivity contribution is 0.320. The molecular weight excluding hydrogens is 408 g/mol. The summed E-state index contributed by atoms with van der Waals surface area (Å²) in [4.78, 5) is 0. The van der Waals surface area contributed by atoms with E-state index < -0.39 is 0 Å². The van der Waals surface area contributed by atoms with Gasteiger partial charge in [0.25, 0.3) is 0 Å². The maximum absolute atomic E-state index is 9.31. The lowest BCUT2D eigenvalue weighted by atomic mass is 10.0. The van der Waals surface area contributed by atoms with Crippen LogP contribution in [0.15, 0.2) is 130 Å². The zero-order valence-electron chi connectivity index (χ0n) is 18.7. The second-order valence-electron chi connectivity index (χ2n) is 7.06. The highest BCUT2D eigenvalue weighted by molar-refractivity contribution is 6.04. The first kappa shape index (κ1) is 24.7. The number of fused-ring (bicyclic) bond motifs is 2. The second kappa shape index (κ2) is 14.5. The lowest BCUT2D eigenvalue weighted by Crippen LogP contribution is -1.89. The van der Waals surface area contributed by atoms with Crippen LogP contribution in [0, 0.1) is 23.7 Å². The summed E-state index contributed by atoms with van der Waals surface area (Å²) in [6.07, 6.45) is 30.4. The molecule has 0 fully saturated rings. The number of allylic oxidation sites excluding steroid dienone is 20. The molecule has 0 aliphatic heterocycles. The van der Waals surface area contributed by atoms with Crippen molar-refractivity contribution in [1.29, 1.82) is 0 Å². The van der Waals surface area contributed by atoms with Crippen LogP contribution >= 0.6 is 0 Å². The molecule has 0 heterocycles. The highest BCUT2D eigenvalue weighted by Gasteiger charge is 1.99. The summed E-state index contributed by atoms with van der Waals surface area (Å²) in [5.74, 6) is 11.5. The van der Waals surface area contributed by atoms with Crippen molar-refractivity contribution in [2.75, 3.05) is 0 Å². The largest absolute Gasteiger partial charge is 0.410 e. The molecule has 0 aromatic rings. The quantitative estimate of drug-likeness (QED) is 0.273. The van der Waals surface area contributed by atoms with Gasteiger partial charge in [0.1, 0.15) is 11.4 Å². The fourth-order valence-electron chi connectivity index (χ4n) is 2.64. The van der Waals surface area contributed by atoms with Gasteiger partial charge in [-0.3, -0.25) is 0 Å². The van der Waals surface area contributed by atoms with Crippen LogP contribution in [0.1, 0.15) is 20.3 Å². The minimum Gasteiger partial charge on any atom is -0.410 e. The van der Waals surface area contributed by atoms with Crippen molar-refractivity contribution in [2.24, 2.45) is 10.3 Å². The van der Waals surface area contributed by atoms with Gasteiger partial charge in [0, 0.05) is 0 Å². The van der Waals surface area contributed by atoms with Crippen LogP contribution in [0.25, 0.3) is 0 Å². The van der Waals surface area contributed by atoms with E-state index >= 15 is 0 Å². The molecule has 33 heavy (non-hydrogen) atoms. The maximum atomic E-state index is 9.31. The number of nitrogens with zero attached hydrogens (tertiary/aromatic N) is 2. The molecule has 2 bridgehead atoms. The van der Waals surface area contributed by atoms with Gasteiger partial charge in [-0.1, -0.05) is 95.1 Å². The molecule has 0 unspecified atom stereocenters.